The van der Waals surface area contributed by atoms with Crippen molar-refractivity contribution in [2.24, 2.45) is 5.41 Å². The number of methoxy groups -OCH3 is 1. The van der Waals surface area contributed by atoms with Crippen LogP contribution in [0.5, 0.6) is 0 Å². The number of piperidine rings is 1. The molecule has 10 nitrogen and oxygen atoms in total. The summed E-state index contributed by atoms with van der Waals surface area (Å²) in [6, 6.07) is 10.2. The number of amides is 2. The summed E-state index contributed by atoms with van der Waals surface area (Å²) in [4.78, 5) is 63.7. The number of nitro benzene ring substituents is 1. The Hall–Kier alpha value is -4.08. The van der Waals surface area contributed by atoms with Crippen LogP contribution < -0.4 is 0 Å². The lowest BCUT2D eigenvalue weighted by Gasteiger charge is -2.39. The normalized spacial score (nSPS) is 16.6. The van der Waals surface area contributed by atoms with Gasteiger partial charge in [-0.15, -0.1) is 0 Å². The second-order valence-electron chi connectivity index (χ2n) is 9.42. The van der Waals surface area contributed by atoms with Gasteiger partial charge in [0.15, 0.2) is 5.78 Å². The zero-order valence-corrected chi connectivity index (χ0v) is 20.2. The quantitative estimate of drug-likeness (QED) is 0.270. The maximum Gasteiger partial charge on any atom is 0.338 e. The van der Waals surface area contributed by atoms with Gasteiger partial charge >= 0.3 is 5.97 Å². The Kier molecular flexibility index (Phi) is 6.87. The fraction of sp³-hybridized carbons (Fsp3) is 0.385. The highest BCUT2D eigenvalue weighted by atomic mass is 16.6. The summed E-state index contributed by atoms with van der Waals surface area (Å²) in [5.74, 6) is -1.26. The van der Waals surface area contributed by atoms with E-state index in [9.17, 15) is 29.3 Å². The maximum absolute atomic E-state index is 13.2. The van der Waals surface area contributed by atoms with Crippen molar-refractivity contribution in [3.8, 4) is 0 Å². The summed E-state index contributed by atoms with van der Waals surface area (Å²) in [5.41, 5.74) is 0.638. The summed E-state index contributed by atoms with van der Waals surface area (Å²) in [5, 5.41) is 11.3. The van der Waals surface area contributed by atoms with Gasteiger partial charge in [-0.25, -0.2) is 4.79 Å². The Morgan fingerprint density at radius 1 is 0.833 bits per heavy atom. The van der Waals surface area contributed by atoms with Crippen LogP contribution >= 0.6 is 0 Å². The maximum atomic E-state index is 13.2. The van der Waals surface area contributed by atoms with E-state index in [2.05, 4.69) is 4.74 Å². The third-order valence-electron chi connectivity index (χ3n) is 7.17. The zero-order valence-electron chi connectivity index (χ0n) is 20.2. The molecule has 2 aliphatic rings. The van der Waals surface area contributed by atoms with Gasteiger partial charge in [-0.2, -0.15) is 0 Å². The highest BCUT2D eigenvalue weighted by Crippen LogP contribution is 2.41. The number of hydrogen-bond acceptors (Lipinski definition) is 7. The largest absolute Gasteiger partial charge is 0.465 e. The number of Topliss-reactive ketones (excluding diaryl/α,β-unsaturated/α-hetero) is 1. The molecule has 0 saturated carbocycles. The van der Waals surface area contributed by atoms with Crippen molar-refractivity contribution >= 4 is 29.3 Å². The van der Waals surface area contributed by atoms with E-state index in [0.717, 1.165) is 25.3 Å². The minimum atomic E-state index is -0.751. The van der Waals surface area contributed by atoms with Gasteiger partial charge in [0.05, 0.1) is 17.6 Å². The first kappa shape index (κ1) is 25.0. The molecule has 2 aromatic carbocycles. The second-order valence-corrected chi connectivity index (χ2v) is 9.42. The van der Waals surface area contributed by atoms with Gasteiger partial charge in [-0.1, -0.05) is 12.1 Å². The number of likely N-dealkylation sites (tertiary alicyclic amines) is 2. The van der Waals surface area contributed by atoms with Crippen molar-refractivity contribution in [2.45, 2.75) is 26.2 Å². The molecule has 0 atom stereocenters. The summed E-state index contributed by atoms with van der Waals surface area (Å²) < 4.78 is 4.67. The standard InChI is InChI=1S/C26H27N3O7/c1-17(30)18-3-5-19(6-4-18)23(31)27-10-7-26(8-11-27)9-12-28(16-26)24(32)20-13-21(25(33)36-2)15-22(14-20)29(34)35/h3-6,13-15H,7-12,16H2,1-2H3. The smallest absolute Gasteiger partial charge is 0.338 e. The first-order chi connectivity index (χ1) is 17.1. The number of benzene rings is 2. The van der Waals surface area contributed by atoms with Crippen LogP contribution in [0.15, 0.2) is 42.5 Å². The van der Waals surface area contributed by atoms with Gasteiger partial charge in [0.2, 0.25) is 0 Å². The van der Waals surface area contributed by atoms with Crippen LogP contribution in [0.3, 0.4) is 0 Å². The van der Waals surface area contributed by atoms with Gasteiger partial charge in [-0.05, 0) is 49.8 Å². The van der Waals surface area contributed by atoms with E-state index in [1.165, 1.54) is 26.2 Å². The first-order valence-corrected chi connectivity index (χ1v) is 11.7. The summed E-state index contributed by atoms with van der Waals surface area (Å²) in [6.07, 6.45) is 2.24. The number of nitrogens with zero attached hydrogens (tertiary/aromatic N) is 3. The summed E-state index contributed by atoms with van der Waals surface area (Å²) >= 11 is 0. The molecule has 2 heterocycles. The molecule has 2 aliphatic heterocycles. The molecule has 4 rings (SSSR count). The van der Waals surface area contributed by atoms with Crippen molar-refractivity contribution in [3.63, 3.8) is 0 Å². The molecule has 0 N–H and O–H groups in total. The van der Waals surface area contributed by atoms with Crippen LogP contribution in [-0.2, 0) is 4.74 Å². The van der Waals surface area contributed by atoms with Gasteiger partial charge in [0, 0.05) is 55.0 Å². The number of ether oxygens (including phenoxy) is 1. The van der Waals surface area contributed by atoms with Gasteiger partial charge in [-0.3, -0.25) is 24.5 Å². The molecule has 0 aliphatic carbocycles. The van der Waals surface area contributed by atoms with E-state index in [-0.39, 0.29) is 39.8 Å². The lowest BCUT2D eigenvalue weighted by molar-refractivity contribution is -0.384. The van der Waals surface area contributed by atoms with Crippen LogP contribution in [0.1, 0.15) is 67.6 Å². The molecule has 2 fully saturated rings. The van der Waals surface area contributed by atoms with Crippen molar-refractivity contribution in [1.82, 2.24) is 9.80 Å². The Morgan fingerprint density at radius 2 is 1.36 bits per heavy atom. The first-order valence-electron chi connectivity index (χ1n) is 11.7. The Balaban J connectivity index is 1.42. The monoisotopic (exact) mass is 493 g/mol. The topological polar surface area (TPSA) is 127 Å². The third kappa shape index (κ3) is 4.98. The number of nitro groups is 1. The lowest BCUT2D eigenvalue weighted by atomic mass is 9.77. The fourth-order valence-corrected chi connectivity index (χ4v) is 4.99. The Morgan fingerprint density at radius 3 is 1.92 bits per heavy atom. The van der Waals surface area contributed by atoms with Crippen LogP contribution in [0.2, 0.25) is 0 Å². The highest BCUT2D eigenvalue weighted by Gasteiger charge is 2.43. The summed E-state index contributed by atoms with van der Waals surface area (Å²) in [6.45, 7) is 3.57. The molecule has 2 amide bonds. The van der Waals surface area contributed by atoms with Crippen molar-refractivity contribution < 1.29 is 28.8 Å². The van der Waals surface area contributed by atoms with Crippen molar-refractivity contribution in [3.05, 3.63) is 74.8 Å². The number of carbonyl (C=O) groups excluding carboxylic acids is 4. The van der Waals surface area contributed by atoms with Gasteiger partial charge in [0.25, 0.3) is 17.5 Å². The van der Waals surface area contributed by atoms with E-state index in [4.69, 9.17) is 0 Å². The Bertz CT molecular complexity index is 1230. The van der Waals surface area contributed by atoms with E-state index >= 15 is 0 Å². The van der Waals surface area contributed by atoms with Crippen LogP contribution in [-0.4, -0.2) is 71.6 Å². The predicted molar refractivity (Wildman–Crippen MR) is 129 cm³/mol. The Labute approximate surface area is 208 Å². The summed E-state index contributed by atoms with van der Waals surface area (Å²) in [7, 11) is 1.17. The average Bonchev–Trinajstić information content (AvgIpc) is 3.30. The molecule has 2 aromatic rings. The van der Waals surface area contributed by atoms with Crippen LogP contribution in [0, 0.1) is 15.5 Å². The molecule has 1 spiro atoms. The number of non-ortho nitro benzene ring substituents is 1. The van der Waals surface area contributed by atoms with Crippen molar-refractivity contribution in [1.29, 1.82) is 0 Å². The van der Waals surface area contributed by atoms with E-state index < -0.39 is 10.9 Å². The molecule has 0 unspecified atom stereocenters. The molecule has 0 bridgehead atoms. The molecule has 0 radical (unpaired) electrons. The number of carbonyl (C=O) groups is 4. The average molecular weight is 494 g/mol. The van der Waals surface area contributed by atoms with E-state index in [1.54, 1.807) is 34.1 Å². The van der Waals surface area contributed by atoms with E-state index in [1.807, 2.05) is 0 Å². The van der Waals surface area contributed by atoms with Crippen LogP contribution in [0.4, 0.5) is 5.69 Å². The number of ketones is 1. The van der Waals surface area contributed by atoms with Crippen LogP contribution in [0.25, 0.3) is 0 Å². The van der Waals surface area contributed by atoms with Gasteiger partial charge in [0.1, 0.15) is 0 Å². The van der Waals surface area contributed by atoms with Crippen molar-refractivity contribution in [2.75, 3.05) is 33.3 Å². The minimum absolute atomic E-state index is 0.0490. The molecule has 188 valence electrons. The molecular weight excluding hydrogens is 466 g/mol. The zero-order chi connectivity index (χ0) is 26.0. The number of rotatable bonds is 5. The van der Waals surface area contributed by atoms with E-state index in [0.29, 0.717) is 37.3 Å². The van der Waals surface area contributed by atoms with Gasteiger partial charge < -0.3 is 14.5 Å². The number of hydrogen-bond donors (Lipinski definition) is 0. The fourth-order valence-electron chi connectivity index (χ4n) is 4.99. The minimum Gasteiger partial charge on any atom is -0.465 e. The third-order valence-corrected chi connectivity index (χ3v) is 7.17. The molecular formula is C26H27N3O7. The molecule has 0 aromatic heterocycles. The predicted octanol–water partition coefficient (Wildman–Crippen LogP) is 3.35. The highest BCUT2D eigenvalue weighted by molar-refractivity contribution is 5.99. The number of esters is 1. The molecule has 10 heteroatoms. The lowest BCUT2D eigenvalue weighted by Crippen LogP contribution is -2.44. The second kappa shape index (κ2) is 9.88. The SMILES string of the molecule is COC(=O)c1cc(C(=O)N2CCC3(CCN(C(=O)c4ccc(C(C)=O)cc4)CC3)C2)cc([N+](=O)[O-])c1. The molecule has 36 heavy (non-hydrogen) atoms. The molecule has 2 saturated heterocycles.